The number of nitrogens with zero attached hydrogens (tertiary/aromatic N) is 6. The molecular formula is C30H28F2N6O4. The lowest BCUT2D eigenvalue weighted by atomic mass is 10.1. The first-order valence-electron chi connectivity index (χ1n) is 13.7. The lowest BCUT2D eigenvalue weighted by molar-refractivity contribution is -0.0592. The second-order valence-electron chi connectivity index (χ2n) is 10.4. The van der Waals surface area contributed by atoms with E-state index in [-0.39, 0.29) is 29.4 Å². The number of hydrogen-bond donors (Lipinski definition) is 1. The Balaban J connectivity index is 1.12. The quantitative estimate of drug-likeness (QED) is 0.317. The number of hydrogen-bond acceptors (Lipinski definition) is 8. The van der Waals surface area contributed by atoms with Crippen LogP contribution in [0.3, 0.4) is 0 Å². The maximum Gasteiger partial charge on any atom is 0.335 e. The number of carboxylic acids is 1. The number of halogens is 2. The molecule has 0 aliphatic carbocycles. The van der Waals surface area contributed by atoms with Crippen LogP contribution < -0.4 is 9.64 Å². The first-order chi connectivity index (χ1) is 20.4. The maximum absolute atomic E-state index is 14.8. The van der Waals surface area contributed by atoms with Crippen molar-refractivity contribution in [3.63, 3.8) is 0 Å². The topological polar surface area (TPSA) is 117 Å². The summed E-state index contributed by atoms with van der Waals surface area (Å²) >= 11 is 0. The minimum atomic E-state index is -1.19. The van der Waals surface area contributed by atoms with E-state index in [2.05, 4.69) is 19.8 Å². The molecule has 0 bridgehead atoms. The number of carbonyl (C=O) groups is 1. The van der Waals surface area contributed by atoms with Crippen LogP contribution in [0.5, 0.6) is 5.88 Å². The molecule has 2 fully saturated rings. The molecule has 42 heavy (non-hydrogen) atoms. The molecule has 10 nitrogen and oxygen atoms in total. The van der Waals surface area contributed by atoms with E-state index >= 15 is 0 Å². The van der Waals surface area contributed by atoms with Crippen molar-refractivity contribution in [3.8, 4) is 11.9 Å². The van der Waals surface area contributed by atoms with Gasteiger partial charge in [0.1, 0.15) is 29.6 Å². The molecule has 0 amide bonds. The highest BCUT2D eigenvalue weighted by Gasteiger charge is 2.26. The summed E-state index contributed by atoms with van der Waals surface area (Å²) in [6, 6.07) is 14.1. The van der Waals surface area contributed by atoms with Gasteiger partial charge in [-0.25, -0.2) is 18.6 Å². The summed E-state index contributed by atoms with van der Waals surface area (Å²) in [7, 11) is 0. The number of aromatic carboxylic acids is 1. The smallest absolute Gasteiger partial charge is 0.335 e. The van der Waals surface area contributed by atoms with Crippen LogP contribution in [0.1, 0.15) is 33.7 Å². The largest absolute Gasteiger partial charge is 0.478 e. The summed E-state index contributed by atoms with van der Waals surface area (Å²) in [4.78, 5) is 25.1. The van der Waals surface area contributed by atoms with Gasteiger partial charge in [-0.15, -0.1) is 0 Å². The van der Waals surface area contributed by atoms with Gasteiger partial charge in [0.15, 0.2) is 5.82 Å². The molecule has 2 saturated heterocycles. The molecule has 2 aliphatic rings. The molecule has 0 spiro atoms. The second kappa shape index (κ2) is 11.7. The van der Waals surface area contributed by atoms with Crippen LogP contribution in [0.25, 0.3) is 11.0 Å². The summed E-state index contributed by atoms with van der Waals surface area (Å²) in [6.07, 6.45) is 0.875. The minimum absolute atomic E-state index is 0.0106. The first kappa shape index (κ1) is 27.6. The number of nitriles is 1. The summed E-state index contributed by atoms with van der Waals surface area (Å²) < 4.78 is 42.3. The van der Waals surface area contributed by atoms with E-state index in [1.165, 1.54) is 18.2 Å². The highest BCUT2D eigenvalue weighted by molar-refractivity contribution is 5.92. The van der Waals surface area contributed by atoms with Crippen molar-refractivity contribution >= 4 is 22.8 Å². The number of benzene rings is 2. The number of imidazole rings is 1. The van der Waals surface area contributed by atoms with Gasteiger partial charge in [-0.1, -0.05) is 12.1 Å². The van der Waals surface area contributed by atoms with Gasteiger partial charge in [0.25, 0.3) is 0 Å². The third-order valence-corrected chi connectivity index (χ3v) is 7.64. The predicted molar refractivity (Wildman–Crippen MR) is 148 cm³/mol. The van der Waals surface area contributed by atoms with Crippen molar-refractivity contribution in [2.24, 2.45) is 0 Å². The average Bonchev–Trinajstić information content (AvgIpc) is 3.31. The number of piperazine rings is 1. The SMILES string of the molecule is N#Cc1ccc(COc2cccc(N3CCN(Cc4nc5c(F)cc(C(=O)O)cc5n4C[C@@H]4CCO4)CC3)n2)c(F)c1. The van der Waals surface area contributed by atoms with Crippen molar-refractivity contribution in [3.05, 3.63) is 82.7 Å². The van der Waals surface area contributed by atoms with E-state index in [9.17, 15) is 18.7 Å². The molecule has 0 unspecified atom stereocenters. The van der Waals surface area contributed by atoms with Crippen molar-refractivity contribution in [2.45, 2.75) is 32.2 Å². The molecule has 4 heterocycles. The van der Waals surface area contributed by atoms with E-state index in [0.29, 0.717) is 68.7 Å². The Morgan fingerprint density at radius 2 is 1.90 bits per heavy atom. The molecule has 0 radical (unpaired) electrons. The maximum atomic E-state index is 14.8. The van der Waals surface area contributed by atoms with Gasteiger partial charge in [-0.3, -0.25) is 4.90 Å². The first-order valence-corrected chi connectivity index (χ1v) is 13.7. The van der Waals surface area contributed by atoms with Gasteiger partial charge >= 0.3 is 5.97 Å². The summed E-state index contributed by atoms with van der Waals surface area (Å²) in [5.74, 6) is -0.567. The van der Waals surface area contributed by atoms with Crippen LogP contribution in [0.4, 0.5) is 14.6 Å². The monoisotopic (exact) mass is 574 g/mol. The highest BCUT2D eigenvalue weighted by atomic mass is 19.1. The van der Waals surface area contributed by atoms with Gasteiger partial charge in [0.2, 0.25) is 5.88 Å². The predicted octanol–water partition coefficient (Wildman–Crippen LogP) is 3.97. The van der Waals surface area contributed by atoms with Crippen molar-refractivity contribution in [2.75, 3.05) is 37.7 Å². The fourth-order valence-electron chi connectivity index (χ4n) is 5.19. The Morgan fingerprint density at radius 1 is 1.10 bits per heavy atom. The number of ether oxygens (including phenoxy) is 2. The van der Waals surface area contributed by atoms with E-state index in [1.807, 2.05) is 22.8 Å². The van der Waals surface area contributed by atoms with Gasteiger partial charge in [0, 0.05) is 44.4 Å². The molecule has 4 aromatic rings. The normalized spacial score (nSPS) is 17.2. The molecule has 1 atom stereocenters. The van der Waals surface area contributed by atoms with Crippen LogP contribution in [0, 0.1) is 23.0 Å². The van der Waals surface area contributed by atoms with Crippen molar-refractivity contribution < 1.29 is 28.2 Å². The van der Waals surface area contributed by atoms with Crippen LogP contribution >= 0.6 is 0 Å². The second-order valence-corrected chi connectivity index (χ2v) is 10.4. The Labute approximate surface area is 240 Å². The zero-order chi connectivity index (χ0) is 29.2. The number of anilines is 1. The molecule has 6 rings (SSSR count). The summed E-state index contributed by atoms with van der Waals surface area (Å²) in [6.45, 7) is 4.40. The number of pyridine rings is 1. The van der Waals surface area contributed by atoms with Gasteiger partial charge in [-0.2, -0.15) is 10.2 Å². The Hall–Kier alpha value is -4.60. The zero-order valence-electron chi connectivity index (χ0n) is 22.7. The lowest BCUT2D eigenvalue weighted by Gasteiger charge is -2.35. The zero-order valence-corrected chi connectivity index (χ0v) is 22.7. The molecule has 216 valence electrons. The fourth-order valence-corrected chi connectivity index (χ4v) is 5.19. The van der Waals surface area contributed by atoms with Crippen LogP contribution in [-0.2, 0) is 24.4 Å². The van der Waals surface area contributed by atoms with Crippen molar-refractivity contribution in [1.82, 2.24) is 19.4 Å². The van der Waals surface area contributed by atoms with Gasteiger partial charge in [-0.05, 0) is 36.8 Å². The van der Waals surface area contributed by atoms with Crippen molar-refractivity contribution in [1.29, 1.82) is 5.26 Å². The highest BCUT2D eigenvalue weighted by Crippen LogP contribution is 2.26. The van der Waals surface area contributed by atoms with Gasteiger partial charge in [0.05, 0.1) is 41.9 Å². The number of fused-ring (bicyclic) bond motifs is 1. The molecule has 0 saturated carbocycles. The number of rotatable bonds is 9. The Morgan fingerprint density at radius 3 is 2.60 bits per heavy atom. The van der Waals surface area contributed by atoms with Gasteiger partial charge < -0.3 is 24.0 Å². The van der Waals surface area contributed by atoms with E-state index in [4.69, 9.17) is 14.7 Å². The fraction of sp³-hybridized carbons (Fsp3) is 0.333. The minimum Gasteiger partial charge on any atom is -0.478 e. The molecule has 2 aromatic heterocycles. The molecule has 2 aliphatic heterocycles. The molecular weight excluding hydrogens is 546 g/mol. The third-order valence-electron chi connectivity index (χ3n) is 7.64. The number of aromatic nitrogens is 3. The average molecular weight is 575 g/mol. The standard InChI is InChI=1S/C30H28F2N6O4/c31-23-12-19(15-33)4-5-20(23)18-42-28-3-1-2-26(34-28)37-9-7-36(8-10-37)17-27-35-29-24(32)13-21(30(39)40)14-25(29)38(27)16-22-6-11-41-22/h1-5,12-14,22H,6-11,16-18H2,(H,39,40)/t22-/m0/s1. The summed E-state index contributed by atoms with van der Waals surface area (Å²) in [5.41, 5.74) is 1.09. The number of carboxylic acid groups (broad SMARTS) is 1. The Bertz CT molecular complexity index is 1670. The van der Waals surface area contributed by atoms with E-state index in [1.54, 1.807) is 12.1 Å². The van der Waals surface area contributed by atoms with Crippen LogP contribution in [0.15, 0.2) is 48.5 Å². The van der Waals surface area contributed by atoms with Crippen LogP contribution in [-0.4, -0.2) is 69.4 Å². The Kier molecular flexibility index (Phi) is 7.69. The molecule has 2 aromatic carbocycles. The molecule has 1 N–H and O–H groups in total. The summed E-state index contributed by atoms with van der Waals surface area (Å²) in [5, 5.41) is 18.4. The van der Waals surface area contributed by atoms with E-state index < -0.39 is 17.6 Å². The lowest BCUT2D eigenvalue weighted by Crippen LogP contribution is -2.46. The van der Waals surface area contributed by atoms with Crippen LogP contribution in [0.2, 0.25) is 0 Å². The third kappa shape index (κ3) is 5.74. The molecule has 12 heteroatoms. The van der Waals surface area contributed by atoms with E-state index in [0.717, 1.165) is 18.3 Å².